The lowest BCUT2D eigenvalue weighted by Crippen LogP contribution is -2.31. The topological polar surface area (TPSA) is 32.3 Å². The lowest BCUT2D eigenvalue weighted by Gasteiger charge is -2.24. The molecule has 1 aromatic carbocycles. The van der Waals surface area contributed by atoms with Crippen molar-refractivity contribution in [3.63, 3.8) is 0 Å². The van der Waals surface area contributed by atoms with Gasteiger partial charge in [0.25, 0.3) is 0 Å². The van der Waals surface area contributed by atoms with Crippen LogP contribution in [0.2, 0.25) is 0 Å². The molecular weight excluding hydrogens is 278 g/mol. The third-order valence-corrected chi connectivity index (χ3v) is 4.41. The summed E-state index contributed by atoms with van der Waals surface area (Å²) in [5.74, 6) is 1.15. The molecule has 17 heavy (non-hydrogen) atoms. The summed E-state index contributed by atoms with van der Waals surface area (Å²) in [4.78, 5) is 0. The second-order valence-electron chi connectivity index (χ2n) is 5.04. The SMILES string of the molecule is Cc1cc(Br)c(CC2CCCNC2)c(C)c1O. The lowest BCUT2D eigenvalue weighted by molar-refractivity contribution is 0.374. The van der Waals surface area contributed by atoms with Gasteiger partial charge in [-0.3, -0.25) is 0 Å². The molecule has 94 valence electrons. The van der Waals surface area contributed by atoms with Crippen LogP contribution in [0.25, 0.3) is 0 Å². The molecule has 1 atom stereocenters. The van der Waals surface area contributed by atoms with Gasteiger partial charge < -0.3 is 10.4 Å². The number of aromatic hydroxyl groups is 1. The summed E-state index contributed by atoms with van der Waals surface area (Å²) in [7, 11) is 0. The van der Waals surface area contributed by atoms with E-state index in [1.807, 2.05) is 19.9 Å². The van der Waals surface area contributed by atoms with Crippen LogP contribution in [-0.4, -0.2) is 18.2 Å². The summed E-state index contributed by atoms with van der Waals surface area (Å²) in [6.07, 6.45) is 3.60. The second-order valence-corrected chi connectivity index (χ2v) is 5.90. The van der Waals surface area contributed by atoms with Gasteiger partial charge in [0.2, 0.25) is 0 Å². The fraction of sp³-hybridized carbons (Fsp3) is 0.571. The minimum absolute atomic E-state index is 0.451. The Labute approximate surface area is 112 Å². The van der Waals surface area contributed by atoms with Crippen LogP contribution in [0.5, 0.6) is 5.75 Å². The number of rotatable bonds is 2. The van der Waals surface area contributed by atoms with Crippen molar-refractivity contribution >= 4 is 15.9 Å². The molecule has 1 unspecified atom stereocenters. The fourth-order valence-corrected chi connectivity index (χ4v) is 3.40. The molecule has 1 heterocycles. The number of hydrogen-bond acceptors (Lipinski definition) is 2. The van der Waals surface area contributed by atoms with Crippen molar-refractivity contribution in [2.45, 2.75) is 33.1 Å². The highest BCUT2D eigenvalue weighted by Crippen LogP contribution is 2.33. The molecular formula is C14H20BrNO. The van der Waals surface area contributed by atoms with Crippen LogP contribution in [0, 0.1) is 19.8 Å². The van der Waals surface area contributed by atoms with E-state index in [1.165, 1.54) is 18.4 Å². The molecule has 0 radical (unpaired) electrons. The second kappa shape index (κ2) is 5.40. The maximum Gasteiger partial charge on any atom is 0.121 e. The number of piperidine rings is 1. The maximum atomic E-state index is 10.0. The molecule has 0 saturated carbocycles. The van der Waals surface area contributed by atoms with E-state index in [0.29, 0.717) is 11.7 Å². The van der Waals surface area contributed by atoms with Crippen molar-refractivity contribution in [1.29, 1.82) is 0 Å². The molecule has 0 spiro atoms. The Morgan fingerprint density at radius 3 is 2.88 bits per heavy atom. The standard InChI is InChI=1S/C14H20BrNO/c1-9-6-13(15)12(10(2)14(9)17)7-11-4-3-5-16-8-11/h6,11,16-17H,3-5,7-8H2,1-2H3. The number of halogens is 1. The highest BCUT2D eigenvalue weighted by atomic mass is 79.9. The Morgan fingerprint density at radius 1 is 1.47 bits per heavy atom. The van der Waals surface area contributed by atoms with Crippen molar-refractivity contribution < 1.29 is 5.11 Å². The van der Waals surface area contributed by atoms with Crippen molar-refractivity contribution in [2.75, 3.05) is 13.1 Å². The van der Waals surface area contributed by atoms with Crippen LogP contribution in [-0.2, 0) is 6.42 Å². The summed E-state index contributed by atoms with van der Waals surface area (Å²) in [6, 6.07) is 2.02. The maximum absolute atomic E-state index is 10.0. The van der Waals surface area contributed by atoms with E-state index in [1.54, 1.807) is 0 Å². The quantitative estimate of drug-likeness (QED) is 0.878. The highest BCUT2D eigenvalue weighted by Gasteiger charge is 2.18. The van der Waals surface area contributed by atoms with Crippen molar-refractivity contribution in [3.8, 4) is 5.75 Å². The van der Waals surface area contributed by atoms with Crippen LogP contribution in [0.1, 0.15) is 29.5 Å². The average molecular weight is 298 g/mol. The lowest BCUT2D eigenvalue weighted by atomic mass is 9.89. The summed E-state index contributed by atoms with van der Waals surface area (Å²) in [5, 5.41) is 13.4. The normalized spacial score (nSPS) is 20.5. The van der Waals surface area contributed by atoms with Gasteiger partial charge in [0.15, 0.2) is 0 Å². The third-order valence-electron chi connectivity index (χ3n) is 3.70. The predicted molar refractivity (Wildman–Crippen MR) is 74.6 cm³/mol. The van der Waals surface area contributed by atoms with Crippen molar-refractivity contribution in [3.05, 3.63) is 27.2 Å². The number of benzene rings is 1. The summed E-state index contributed by atoms with van der Waals surface area (Å²) >= 11 is 3.63. The van der Waals surface area contributed by atoms with E-state index in [9.17, 15) is 5.11 Å². The summed E-state index contributed by atoms with van der Waals surface area (Å²) in [6.45, 7) is 6.20. The largest absolute Gasteiger partial charge is 0.507 e. The molecule has 1 saturated heterocycles. The van der Waals surface area contributed by atoms with Gasteiger partial charge in [0, 0.05) is 4.47 Å². The van der Waals surface area contributed by atoms with Crippen LogP contribution in [0.4, 0.5) is 0 Å². The van der Waals surface area contributed by atoms with E-state index in [0.717, 1.165) is 35.1 Å². The first-order valence-electron chi connectivity index (χ1n) is 6.28. The fourth-order valence-electron chi connectivity index (χ4n) is 2.60. The molecule has 2 nitrogen and oxygen atoms in total. The Bertz CT molecular complexity index is 411. The van der Waals surface area contributed by atoms with Crippen LogP contribution in [0.3, 0.4) is 0 Å². The zero-order valence-corrected chi connectivity index (χ0v) is 12.1. The van der Waals surface area contributed by atoms with E-state index in [4.69, 9.17) is 0 Å². The van der Waals surface area contributed by atoms with Crippen molar-refractivity contribution in [2.24, 2.45) is 5.92 Å². The molecule has 0 aliphatic carbocycles. The Kier molecular flexibility index (Phi) is 4.10. The Balaban J connectivity index is 2.22. The zero-order chi connectivity index (χ0) is 12.4. The molecule has 1 fully saturated rings. The highest BCUT2D eigenvalue weighted by molar-refractivity contribution is 9.10. The van der Waals surface area contributed by atoms with Gasteiger partial charge in [0.05, 0.1) is 0 Å². The molecule has 2 N–H and O–H groups in total. The minimum atomic E-state index is 0.451. The zero-order valence-electron chi connectivity index (χ0n) is 10.5. The molecule has 1 aliphatic rings. The van der Waals surface area contributed by atoms with Gasteiger partial charge in [-0.15, -0.1) is 0 Å². The molecule has 0 amide bonds. The molecule has 0 aromatic heterocycles. The van der Waals surface area contributed by atoms with Gasteiger partial charge in [-0.2, -0.15) is 0 Å². The number of phenols is 1. The Hall–Kier alpha value is -0.540. The minimum Gasteiger partial charge on any atom is -0.507 e. The van der Waals surface area contributed by atoms with Gasteiger partial charge in [-0.1, -0.05) is 15.9 Å². The Morgan fingerprint density at radius 2 is 2.24 bits per heavy atom. The van der Waals surface area contributed by atoms with Gasteiger partial charge in [-0.05, 0) is 74.9 Å². The van der Waals surface area contributed by atoms with Crippen LogP contribution >= 0.6 is 15.9 Å². The third kappa shape index (κ3) is 2.83. The van der Waals surface area contributed by atoms with Crippen LogP contribution in [0.15, 0.2) is 10.5 Å². The van der Waals surface area contributed by atoms with E-state index in [-0.39, 0.29) is 0 Å². The van der Waals surface area contributed by atoms with Gasteiger partial charge >= 0.3 is 0 Å². The van der Waals surface area contributed by atoms with E-state index >= 15 is 0 Å². The van der Waals surface area contributed by atoms with E-state index in [2.05, 4.69) is 21.2 Å². The van der Waals surface area contributed by atoms with Gasteiger partial charge in [0.1, 0.15) is 5.75 Å². The number of phenolic OH excluding ortho intramolecular Hbond substituents is 1. The molecule has 3 heteroatoms. The molecule has 0 bridgehead atoms. The smallest absolute Gasteiger partial charge is 0.121 e. The molecule has 1 aromatic rings. The summed E-state index contributed by atoms with van der Waals surface area (Å²) < 4.78 is 1.14. The van der Waals surface area contributed by atoms with Crippen LogP contribution < -0.4 is 5.32 Å². The molecule has 2 rings (SSSR count). The molecule has 1 aliphatic heterocycles. The predicted octanol–water partition coefficient (Wildman–Crippen LogP) is 3.31. The first-order chi connectivity index (χ1) is 8.09. The monoisotopic (exact) mass is 297 g/mol. The average Bonchev–Trinajstić information content (AvgIpc) is 2.33. The summed E-state index contributed by atoms with van der Waals surface area (Å²) in [5.41, 5.74) is 3.24. The first-order valence-corrected chi connectivity index (χ1v) is 7.07. The van der Waals surface area contributed by atoms with Gasteiger partial charge in [-0.25, -0.2) is 0 Å². The number of nitrogens with one attached hydrogen (secondary N) is 1. The van der Waals surface area contributed by atoms with Crippen molar-refractivity contribution in [1.82, 2.24) is 5.32 Å². The number of hydrogen-bond donors (Lipinski definition) is 2. The first kappa shape index (κ1) is 12.9. The van der Waals surface area contributed by atoms with E-state index < -0.39 is 0 Å². The number of aryl methyl sites for hydroxylation is 1.